The molecule has 0 radical (unpaired) electrons. The zero-order chi connectivity index (χ0) is 14.7. The van der Waals surface area contributed by atoms with Crippen molar-refractivity contribution < 1.29 is 9.66 Å². The van der Waals surface area contributed by atoms with Crippen LogP contribution in [0.15, 0.2) is 34.9 Å². The van der Waals surface area contributed by atoms with Crippen LogP contribution in [-0.4, -0.2) is 9.91 Å². The second kappa shape index (κ2) is 5.67. The second-order valence-electron chi connectivity index (χ2n) is 3.89. The number of nitro benzene ring substituents is 1. The lowest BCUT2D eigenvalue weighted by Crippen LogP contribution is -1.98. The lowest BCUT2D eigenvalue weighted by atomic mass is 10.2. The zero-order valence-electron chi connectivity index (χ0n) is 10.3. The molecule has 1 aromatic heterocycles. The Kier molecular flexibility index (Phi) is 3.96. The van der Waals surface area contributed by atoms with Crippen molar-refractivity contribution in [2.45, 2.75) is 6.92 Å². The minimum atomic E-state index is -0.532. The number of nitro groups is 1. The van der Waals surface area contributed by atoms with Crippen molar-refractivity contribution in [3.8, 4) is 17.6 Å². The maximum Gasteiger partial charge on any atom is 0.312 e. The van der Waals surface area contributed by atoms with Crippen molar-refractivity contribution in [3.05, 3.63) is 56.3 Å². The third-order valence-corrected chi connectivity index (χ3v) is 2.96. The molecule has 0 fully saturated rings. The van der Waals surface area contributed by atoms with E-state index in [1.54, 1.807) is 19.1 Å². The Labute approximate surface area is 122 Å². The fourth-order valence-electron chi connectivity index (χ4n) is 1.65. The molecular weight excluding hydrogens is 326 g/mol. The van der Waals surface area contributed by atoms with Crippen LogP contribution in [0.25, 0.3) is 0 Å². The minimum absolute atomic E-state index is 0.0733. The van der Waals surface area contributed by atoms with E-state index in [1.807, 2.05) is 6.07 Å². The molecule has 6 nitrogen and oxygen atoms in total. The molecule has 0 spiro atoms. The van der Waals surface area contributed by atoms with Crippen molar-refractivity contribution in [1.82, 2.24) is 4.98 Å². The average Bonchev–Trinajstić information content (AvgIpc) is 2.41. The molecule has 7 heteroatoms. The number of aryl methyl sites for hydroxylation is 1. The largest absolute Gasteiger partial charge is 0.447 e. The van der Waals surface area contributed by atoms with Gasteiger partial charge >= 0.3 is 5.69 Å². The molecule has 0 amide bonds. The van der Waals surface area contributed by atoms with Gasteiger partial charge in [0.05, 0.1) is 4.92 Å². The maximum atomic E-state index is 11.1. The van der Waals surface area contributed by atoms with Gasteiger partial charge in [0.25, 0.3) is 0 Å². The molecule has 0 atom stereocenters. The first kappa shape index (κ1) is 14.0. The van der Waals surface area contributed by atoms with Gasteiger partial charge in [0, 0.05) is 16.7 Å². The normalized spacial score (nSPS) is 9.85. The zero-order valence-corrected chi connectivity index (χ0v) is 11.9. The number of halogens is 1. The van der Waals surface area contributed by atoms with Crippen LogP contribution in [0.4, 0.5) is 5.69 Å². The molecule has 0 aliphatic carbocycles. The molecule has 1 aromatic carbocycles. The Morgan fingerprint density at radius 2 is 2.25 bits per heavy atom. The van der Waals surface area contributed by atoms with Crippen molar-refractivity contribution in [2.24, 2.45) is 0 Å². The Bertz CT molecular complexity index is 725. The van der Waals surface area contributed by atoms with Gasteiger partial charge in [0.2, 0.25) is 5.75 Å². The van der Waals surface area contributed by atoms with Gasteiger partial charge in [-0.2, -0.15) is 5.26 Å². The summed E-state index contributed by atoms with van der Waals surface area (Å²) in [6.45, 7) is 1.69. The van der Waals surface area contributed by atoms with Crippen LogP contribution in [0.2, 0.25) is 0 Å². The summed E-state index contributed by atoms with van der Waals surface area (Å²) in [4.78, 5) is 14.4. The standard InChI is InChI=1S/C13H8BrN3O3/c1-8-5-9(14)6-11(17(18)19)13(8)20-12-3-2-4-16-10(12)7-15/h2-6H,1H3. The fraction of sp³-hybridized carbons (Fsp3) is 0.0769. The van der Waals surface area contributed by atoms with Crippen molar-refractivity contribution in [1.29, 1.82) is 5.26 Å². The number of aromatic nitrogens is 1. The molecule has 0 unspecified atom stereocenters. The second-order valence-corrected chi connectivity index (χ2v) is 4.81. The highest BCUT2D eigenvalue weighted by Gasteiger charge is 2.20. The number of ether oxygens (including phenoxy) is 1. The van der Waals surface area contributed by atoms with E-state index in [0.29, 0.717) is 10.0 Å². The van der Waals surface area contributed by atoms with E-state index in [1.165, 1.54) is 18.3 Å². The predicted molar refractivity (Wildman–Crippen MR) is 74.6 cm³/mol. The lowest BCUT2D eigenvalue weighted by Gasteiger charge is -2.10. The predicted octanol–water partition coefficient (Wildman–Crippen LogP) is 3.72. The van der Waals surface area contributed by atoms with E-state index >= 15 is 0 Å². The quantitative estimate of drug-likeness (QED) is 0.630. The Hall–Kier alpha value is -2.46. The van der Waals surface area contributed by atoms with Crippen LogP contribution in [0.3, 0.4) is 0 Å². The van der Waals surface area contributed by atoms with Gasteiger partial charge in [0.1, 0.15) is 6.07 Å². The SMILES string of the molecule is Cc1cc(Br)cc([N+](=O)[O-])c1Oc1cccnc1C#N. The highest BCUT2D eigenvalue weighted by Crippen LogP contribution is 2.37. The van der Waals surface area contributed by atoms with E-state index in [9.17, 15) is 10.1 Å². The third kappa shape index (κ3) is 2.75. The molecule has 0 aliphatic heterocycles. The molecule has 0 bridgehead atoms. The first-order valence-electron chi connectivity index (χ1n) is 5.50. The first-order chi connectivity index (χ1) is 9.52. The van der Waals surface area contributed by atoms with Gasteiger partial charge in [-0.1, -0.05) is 15.9 Å². The summed E-state index contributed by atoms with van der Waals surface area (Å²) in [5, 5.41) is 20.0. The van der Waals surface area contributed by atoms with Crippen molar-refractivity contribution in [2.75, 3.05) is 0 Å². The van der Waals surface area contributed by atoms with Crippen LogP contribution in [0.1, 0.15) is 11.3 Å². The summed E-state index contributed by atoms with van der Waals surface area (Å²) >= 11 is 3.20. The van der Waals surface area contributed by atoms with E-state index in [0.717, 1.165) is 0 Å². The third-order valence-electron chi connectivity index (χ3n) is 2.51. The molecule has 0 saturated heterocycles. The van der Waals surface area contributed by atoms with Gasteiger partial charge in [-0.15, -0.1) is 0 Å². The lowest BCUT2D eigenvalue weighted by molar-refractivity contribution is -0.385. The maximum absolute atomic E-state index is 11.1. The van der Waals surface area contributed by atoms with Crippen LogP contribution >= 0.6 is 15.9 Å². The van der Waals surface area contributed by atoms with Gasteiger partial charge in [0.15, 0.2) is 11.4 Å². The van der Waals surface area contributed by atoms with Gasteiger partial charge < -0.3 is 4.74 Å². The molecular formula is C13H8BrN3O3. The summed E-state index contributed by atoms with van der Waals surface area (Å²) in [5.41, 5.74) is 0.479. The first-order valence-corrected chi connectivity index (χ1v) is 6.29. The topological polar surface area (TPSA) is 89.1 Å². The number of nitrogens with zero attached hydrogens (tertiary/aromatic N) is 3. The molecule has 0 aliphatic rings. The highest BCUT2D eigenvalue weighted by molar-refractivity contribution is 9.10. The summed E-state index contributed by atoms with van der Waals surface area (Å²) in [7, 11) is 0. The number of pyridine rings is 1. The summed E-state index contributed by atoms with van der Waals surface area (Å²) in [6, 6.07) is 8.06. The van der Waals surface area contributed by atoms with Gasteiger partial charge in [-0.25, -0.2) is 4.98 Å². The summed E-state index contributed by atoms with van der Waals surface area (Å²) < 4.78 is 6.12. The molecule has 2 aromatic rings. The monoisotopic (exact) mass is 333 g/mol. The minimum Gasteiger partial charge on any atom is -0.447 e. The summed E-state index contributed by atoms with van der Waals surface area (Å²) in [5.74, 6) is 0.284. The van der Waals surface area contributed by atoms with Crippen molar-refractivity contribution >= 4 is 21.6 Å². The molecule has 100 valence electrons. The number of nitriles is 1. The van der Waals surface area contributed by atoms with E-state index in [2.05, 4.69) is 20.9 Å². The molecule has 0 N–H and O–H groups in total. The average molecular weight is 334 g/mol. The smallest absolute Gasteiger partial charge is 0.312 e. The summed E-state index contributed by atoms with van der Waals surface area (Å²) in [6.07, 6.45) is 1.45. The van der Waals surface area contributed by atoms with Crippen LogP contribution in [0.5, 0.6) is 11.5 Å². The Morgan fingerprint density at radius 3 is 2.90 bits per heavy atom. The van der Waals surface area contributed by atoms with E-state index in [-0.39, 0.29) is 22.9 Å². The number of hydrogen-bond donors (Lipinski definition) is 0. The number of hydrogen-bond acceptors (Lipinski definition) is 5. The van der Waals surface area contributed by atoms with E-state index in [4.69, 9.17) is 10.00 Å². The molecule has 2 rings (SSSR count). The van der Waals surface area contributed by atoms with Gasteiger partial charge in [-0.3, -0.25) is 10.1 Å². The van der Waals surface area contributed by atoms with Crippen LogP contribution < -0.4 is 4.74 Å². The highest BCUT2D eigenvalue weighted by atomic mass is 79.9. The fourth-order valence-corrected chi connectivity index (χ4v) is 2.21. The van der Waals surface area contributed by atoms with Crippen LogP contribution in [-0.2, 0) is 0 Å². The molecule has 1 heterocycles. The molecule has 0 saturated carbocycles. The van der Waals surface area contributed by atoms with Crippen molar-refractivity contribution in [3.63, 3.8) is 0 Å². The Morgan fingerprint density at radius 1 is 1.50 bits per heavy atom. The number of benzene rings is 1. The van der Waals surface area contributed by atoms with Gasteiger partial charge in [-0.05, 0) is 30.7 Å². The number of rotatable bonds is 3. The Balaban J connectivity index is 2.54. The molecule has 20 heavy (non-hydrogen) atoms. The van der Waals surface area contributed by atoms with E-state index < -0.39 is 4.92 Å². The van der Waals surface area contributed by atoms with Crippen LogP contribution in [0, 0.1) is 28.4 Å².